The van der Waals surface area contributed by atoms with Gasteiger partial charge in [-0.1, -0.05) is 115 Å². The first-order valence-electron chi connectivity index (χ1n) is 18.9. The number of pyridine rings is 1. The highest BCUT2D eigenvalue weighted by molar-refractivity contribution is 6.11. The Bertz CT molecular complexity index is 3160. The van der Waals surface area contributed by atoms with Gasteiger partial charge in [0, 0.05) is 50.4 Å². The van der Waals surface area contributed by atoms with Gasteiger partial charge in [0.05, 0.1) is 39.0 Å². The standard InChI is InChI=1S/C51H33N5/c1-4-13-34(14-5-1)44-33-45(35-15-6-2-7-16-35)54-51(53-44)36-22-26-40(27-23-36)55-47-29-25-37(31-43(47)50-48(55)21-12-30-52-50)38-24-28-42-41-19-10-11-20-46(41)56(49(42)32-38)39-17-8-3-9-18-39/h1-33H. The molecule has 56 heavy (non-hydrogen) atoms. The van der Waals surface area contributed by atoms with Crippen molar-refractivity contribution in [1.29, 1.82) is 0 Å². The summed E-state index contributed by atoms with van der Waals surface area (Å²) in [6.45, 7) is 0. The molecule has 5 heteroatoms. The van der Waals surface area contributed by atoms with E-state index in [1.54, 1.807) is 0 Å². The van der Waals surface area contributed by atoms with E-state index in [2.05, 4.69) is 161 Å². The average Bonchev–Trinajstić information content (AvgIpc) is 3.79. The second-order valence-corrected chi connectivity index (χ2v) is 14.1. The van der Waals surface area contributed by atoms with E-state index in [4.69, 9.17) is 15.0 Å². The van der Waals surface area contributed by atoms with Crippen molar-refractivity contribution >= 4 is 43.7 Å². The molecule has 0 aliphatic carbocycles. The van der Waals surface area contributed by atoms with E-state index in [1.807, 2.05) is 48.7 Å². The first kappa shape index (κ1) is 31.9. The van der Waals surface area contributed by atoms with Crippen molar-refractivity contribution in [3.8, 4) is 56.4 Å². The lowest BCUT2D eigenvalue weighted by atomic mass is 10.0. The Morgan fingerprint density at radius 3 is 1.59 bits per heavy atom. The lowest BCUT2D eigenvalue weighted by molar-refractivity contribution is 1.16. The molecule has 5 nitrogen and oxygen atoms in total. The van der Waals surface area contributed by atoms with Gasteiger partial charge in [-0.05, 0) is 90.0 Å². The molecule has 0 fully saturated rings. The second kappa shape index (κ2) is 13.0. The summed E-state index contributed by atoms with van der Waals surface area (Å²) in [4.78, 5) is 15.0. The third-order valence-corrected chi connectivity index (χ3v) is 10.8. The minimum absolute atomic E-state index is 0.688. The van der Waals surface area contributed by atoms with Crippen molar-refractivity contribution in [2.45, 2.75) is 0 Å². The van der Waals surface area contributed by atoms with E-state index in [9.17, 15) is 0 Å². The van der Waals surface area contributed by atoms with E-state index in [1.165, 1.54) is 21.8 Å². The van der Waals surface area contributed by atoms with Crippen molar-refractivity contribution in [1.82, 2.24) is 24.1 Å². The summed E-state index contributed by atoms with van der Waals surface area (Å²) in [6.07, 6.45) is 1.88. The Morgan fingerprint density at radius 1 is 0.321 bits per heavy atom. The molecule has 11 aromatic rings. The maximum Gasteiger partial charge on any atom is 0.160 e. The predicted octanol–water partition coefficient (Wildman–Crippen LogP) is 12.7. The van der Waals surface area contributed by atoms with E-state index in [0.717, 1.165) is 72.5 Å². The van der Waals surface area contributed by atoms with E-state index < -0.39 is 0 Å². The first-order chi connectivity index (χ1) is 27.8. The van der Waals surface area contributed by atoms with Crippen molar-refractivity contribution in [3.05, 3.63) is 200 Å². The van der Waals surface area contributed by atoms with Gasteiger partial charge in [-0.25, -0.2) is 9.97 Å². The molecule has 0 unspecified atom stereocenters. The smallest absolute Gasteiger partial charge is 0.160 e. The predicted molar refractivity (Wildman–Crippen MR) is 230 cm³/mol. The summed E-state index contributed by atoms with van der Waals surface area (Å²) in [7, 11) is 0. The first-order valence-corrected chi connectivity index (χ1v) is 18.9. The summed E-state index contributed by atoms with van der Waals surface area (Å²) < 4.78 is 4.67. The van der Waals surface area contributed by atoms with Gasteiger partial charge in [-0.2, -0.15) is 0 Å². The van der Waals surface area contributed by atoms with Gasteiger partial charge >= 0.3 is 0 Å². The fourth-order valence-corrected chi connectivity index (χ4v) is 8.15. The van der Waals surface area contributed by atoms with Gasteiger partial charge < -0.3 is 9.13 Å². The van der Waals surface area contributed by atoms with Crippen LogP contribution >= 0.6 is 0 Å². The number of hydrogen-bond acceptors (Lipinski definition) is 3. The number of aromatic nitrogens is 5. The van der Waals surface area contributed by atoms with Gasteiger partial charge in [0.15, 0.2) is 5.82 Å². The van der Waals surface area contributed by atoms with Crippen LogP contribution in [0.4, 0.5) is 0 Å². The lowest BCUT2D eigenvalue weighted by Crippen LogP contribution is -1.97. The average molecular weight is 716 g/mol. The topological polar surface area (TPSA) is 48.5 Å². The van der Waals surface area contributed by atoms with E-state index >= 15 is 0 Å². The van der Waals surface area contributed by atoms with Crippen LogP contribution in [0.2, 0.25) is 0 Å². The molecule has 262 valence electrons. The van der Waals surface area contributed by atoms with Crippen LogP contribution in [0.5, 0.6) is 0 Å². The van der Waals surface area contributed by atoms with Crippen LogP contribution in [0.3, 0.4) is 0 Å². The molecule has 11 rings (SSSR count). The summed E-state index contributed by atoms with van der Waals surface area (Å²) in [5.74, 6) is 0.688. The molecule has 0 bridgehead atoms. The fourth-order valence-electron chi connectivity index (χ4n) is 8.15. The van der Waals surface area contributed by atoms with Crippen LogP contribution < -0.4 is 0 Å². The summed E-state index contributed by atoms with van der Waals surface area (Å²) >= 11 is 0. The minimum atomic E-state index is 0.688. The number of fused-ring (bicyclic) bond motifs is 6. The number of rotatable bonds is 6. The Kier molecular flexibility index (Phi) is 7.42. The molecule has 0 saturated heterocycles. The SMILES string of the molecule is c1ccc(-c2cc(-c3ccccc3)nc(-c3ccc(-n4c5ccc(-c6ccc7c8ccccc8n(-c8ccccc8)c7c6)cc5c5ncccc54)cc3)n2)cc1. The molecule has 0 saturated carbocycles. The number of nitrogens with zero attached hydrogens (tertiary/aromatic N) is 5. The second-order valence-electron chi connectivity index (χ2n) is 14.1. The highest BCUT2D eigenvalue weighted by Gasteiger charge is 2.17. The number of hydrogen-bond donors (Lipinski definition) is 0. The van der Waals surface area contributed by atoms with Crippen LogP contribution in [0.25, 0.3) is 100 Å². The van der Waals surface area contributed by atoms with Gasteiger partial charge in [0.25, 0.3) is 0 Å². The quantitative estimate of drug-likeness (QED) is 0.172. The molecule has 0 radical (unpaired) electrons. The maximum absolute atomic E-state index is 5.05. The molecule has 0 aliphatic heterocycles. The number of para-hydroxylation sites is 2. The number of benzene rings is 7. The van der Waals surface area contributed by atoms with Crippen molar-refractivity contribution in [2.75, 3.05) is 0 Å². The third-order valence-electron chi connectivity index (χ3n) is 10.8. The van der Waals surface area contributed by atoms with Crippen molar-refractivity contribution in [3.63, 3.8) is 0 Å². The molecular formula is C51H33N5. The third kappa shape index (κ3) is 5.29. The van der Waals surface area contributed by atoms with E-state index in [-0.39, 0.29) is 0 Å². The zero-order valence-corrected chi connectivity index (χ0v) is 30.3. The van der Waals surface area contributed by atoms with Gasteiger partial charge in [0.1, 0.15) is 0 Å². The largest absolute Gasteiger partial charge is 0.309 e. The molecule has 0 atom stereocenters. The summed E-state index contributed by atoms with van der Waals surface area (Å²) in [5.41, 5.74) is 14.9. The molecular weight excluding hydrogens is 683 g/mol. The van der Waals surface area contributed by atoms with Crippen molar-refractivity contribution in [2.24, 2.45) is 0 Å². The Balaban J connectivity index is 1.02. The Labute approximate surface area is 323 Å². The highest BCUT2D eigenvalue weighted by atomic mass is 15.0. The Morgan fingerprint density at radius 2 is 0.857 bits per heavy atom. The van der Waals surface area contributed by atoms with Crippen LogP contribution in [0, 0.1) is 0 Å². The van der Waals surface area contributed by atoms with Gasteiger partial charge in [-0.15, -0.1) is 0 Å². The summed E-state index contributed by atoms with van der Waals surface area (Å²) in [6, 6.07) is 68.3. The molecule has 0 amide bonds. The molecule has 0 aliphatic rings. The zero-order valence-electron chi connectivity index (χ0n) is 30.3. The maximum atomic E-state index is 5.05. The van der Waals surface area contributed by atoms with Gasteiger partial charge in [-0.3, -0.25) is 4.98 Å². The van der Waals surface area contributed by atoms with E-state index in [0.29, 0.717) is 5.82 Å². The van der Waals surface area contributed by atoms with Crippen LogP contribution in [-0.4, -0.2) is 24.1 Å². The van der Waals surface area contributed by atoms with Crippen molar-refractivity contribution < 1.29 is 0 Å². The lowest BCUT2D eigenvalue weighted by Gasteiger charge is -2.11. The monoisotopic (exact) mass is 715 g/mol. The van der Waals surface area contributed by atoms with Gasteiger partial charge in [0.2, 0.25) is 0 Å². The molecule has 4 heterocycles. The summed E-state index contributed by atoms with van der Waals surface area (Å²) in [5, 5.41) is 3.60. The normalized spacial score (nSPS) is 11.6. The fraction of sp³-hybridized carbons (Fsp3) is 0. The highest BCUT2D eigenvalue weighted by Crippen LogP contribution is 2.38. The molecule has 0 spiro atoms. The van der Waals surface area contributed by atoms with Crippen LogP contribution in [0.1, 0.15) is 0 Å². The molecule has 7 aromatic carbocycles. The van der Waals surface area contributed by atoms with Crippen LogP contribution in [0.15, 0.2) is 200 Å². The Hall–Kier alpha value is -7.63. The zero-order chi connectivity index (χ0) is 37.0. The van der Waals surface area contributed by atoms with Crippen LogP contribution in [-0.2, 0) is 0 Å². The minimum Gasteiger partial charge on any atom is -0.309 e. The molecule has 4 aromatic heterocycles. The molecule has 0 N–H and O–H groups in total.